The van der Waals surface area contributed by atoms with E-state index in [4.69, 9.17) is 0 Å². The molecule has 4 atom stereocenters. The number of hydrogen-bond acceptors (Lipinski definition) is 3. The largest absolute Gasteiger partial charge is 0.362 e. The average Bonchev–Trinajstić information content (AvgIpc) is 3.18. The fourth-order valence-electron chi connectivity index (χ4n) is 5.60. The number of anilines is 1. The third kappa shape index (κ3) is 4.81. The topological polar surface area (TPSA) is 26.8 Å². The van der Waals surface area contributed by atoms with Crippen LogP contribution in [-0.2, 0) is 4.79 Å². The van der Waals surface area contributed by atoms with Crippen molar-refractivity contribution in [1.82, 2.24) is 9.80 Å². The molecule has 2 unspecified atom stereocenters. The highest BCUT2D eigenvalue weighted by atomic mass is 19.1. The van der Waals surface area contributed by atoms with Crippen LogP contribution in [0.2, 0.25) is 0 Å². The molecule has 0 bridgehead atoms. The lowest BCUT2D eigenvalue weighted by molar-refractivity contribution is -0.137. The maximum absolute atomic E-state index is 14.8. The summed E-state index contributed by atoms with van der Waals surface area (Å²) in [5, 5.41) is 0. The van der Waals surface area contributed by atoms with Crippen molar-refractivity contribution in [3.63, 3.8) is 0 Å². The minimum Gasteiger partial charge on any atom is -0.362 e. The average molecular weight is 474 g/mol. The molecule has 0 aromatic heterocycles. The van der Waals surface area contributed by atoms with Gasteiger partial charge in [-0.25, -0.2) is 13.2 Å². The Kier molecular flexibility index (Phi) is 6.69. The molecular weight excluding hydrogens is 439 g/mol. The molecule has 2 heterocycles. The van der Waals surface area contributed by atoms with Gasteiger partial charge in [-0.2, -0.15) is 0 Å². The zero-order valence-electron chi connectivity index (χ0n) is 20.6. The highest BCUT2D eigenvalue weighted by molar-refractivity contribution is 5.81. The quantitative estimate of drug-likeness (QED) is 0.625. The monoisotopic (exact) mass is 473 g/mol. The van der Waals surface area contributed by atoms with E-state index in [9.17, 15) is 18.0 Å². The molecule has 0 radical (unpaired) electrons. The molecule has 0 spiro atoms. The highest BCUT2D eigenvalue weighted by Gasteiger charge is 2.45. The summed E-state index contributed by atoms with van der Waals surface area (Å²) in [4.78, 5) is 20.1. The van der Waals surface area contributed by atoms with Gasteiger partial charge in [-0.3, -0.25) is 9.69 Å². The second kappa shape index (κ2) is 9.25. The number of carbonyl (C=O) groups is 1. The third-order valence-corrected chi connectivity index (χ3v) is 7.28. The summed E-state index contributed by atoms with van der Waals surface area (Å²) in [6.45, 7) is 12.4. The van der Waals surface area contributed by atoms with Gasteiger partial charge in [0.2, 0.25) is 5.91 Å². The number of amides is 1. The summed E-state index contributed by atoms with van der Waals surface area (Å²) in [7, 11) is 0. The molecule has 184 valence electrons. The molecule has 2 fully saturated rings. The van der Waals surface area contributed by atoms with Crippen LogP contribution in [0.15, 0.2) is 42.5 Å². The van der Waals surface area contributed by atoms with Crippen LogP contribution in [0.4, 0.5) is 18.9 Å². The van der Waals surface area contributed by atoms with Crippen molar-refractivity contribution in [1.29, 1.82) is 0 Å². The number of benzene rings is 2. The minimum atomic E-state index is -0.620. The number of nitrogens with zero attached hydrogens (tertiary/aromatic N) is 3. The van der Waals surface area contributed by atoms with Crippen LogP contribution in [0.25, 0.3) is 0 Å². The maximum Gasteiger partial charge on any atom is 0.227 e. The van der Waals surface area contributed by atoms with Gasteiger partial charge < -0.3 is 9.80 Å². The first-order valence-electron chi connectivity index (χ1n) is 12.0. The van der Waals surface area contributed by atoms with Crippen molar-refractivity contribution in [3.8, 4) is 0 Å². The Balaban J connectivity index is 1.58. The van der Waals surface area contributed by atoms with Crippen LogP contribution < -0.4 is 4.90 Å². The first-order chi connectivity index (χ1) is 16.0. The van der Waals surface area contributed by atoms with Crippen molar-refractivity contribution in [2.75, 3.05) is 31.1 Å². The van der Waals surface area contributed by atoms with E-state index >= 15 is 0 Å². The normalized spacial score (nSPS) is 26.2. The van der Waals surface area contributed by atoms with Gasteiger partial charge in [-0.15, -0.1) is 0 Å². The van der Waals surface area contributed by atoms with Gasteiger partial charge in [0.1, 0.15) is 17.5 Å². The molecule has 0 N–H and O–H groups in total. The molecule has 2 aromatic carbocycles. The number of carbonyl (C=O) groups excluding carboxylic acids is 1. The van der Waals surface area contributed by atoms with Crippen LogP contribution in [0.1, 0.15) is 46.1 Å². The molecule has 2 aromatic rings. The van der Waals surface area contributed by atoms with Crippen molar-refractivity contribution >= 4 is 11.6 Å². The Morgan fingerprint density at radius 3 is 2.12 bits per heavy atom. The Labute approximate surface area is 200 Å². The second-order valence-corrected chi connectivity index (χ2v) is 10.8. The van der Waals surface area contributed by atoms with Crippen molar-refractivity contribution < 1.29 is 18.0 Å². The fourth-order valence-corrected chi connectivity index (χ4v) is 5.60. The van der Waals surface area contributed by atoms with Crippen molar-refractivity contribution in [2.24, 2.45) is 5.92 Å². The number of piperazine rings is 1. The van der Waals surface area contributed by atoms with Crippen LogP contribution in [0, 0.1) is 23.4 Å². The molecule has 4 rings (SSSR count). The molecule has 4 nitrogen and oxygen atoms in total. The summed E-state index contributed by atoms with van der Waals surface area (Å²) in [6.07, 6.45) is 0. The van der Waals surface area contributed by atoms with E-state index in [1.165, 1.54) is 24.3 Å². The first-order valence-corrected chi connectivity index (χ1v) is 12.0. The summed E-state index contributed by atoms with van der Waals surface area (Å²) in [6, 6.07) is 10.2. The first kappa shape index (κ1) is 24.6. The van der Waals surface area contributed by atoms with E-state index in [1.54, 1.807) is 6.07 Å². The van der Waals surface area contributed by atoms with Crippen LogP contribution >= 0.6 is 0 Å². The molecule has 0 aliphatic carbocycles. The lowest BCUT2D eigenvalue weighted by atomic mass is 9.87. The highest BCUT2D eigenvalue weighted by Crippen LogP contribution is 2.39. The van der Waals surface area contributed by atoms with E-state index in [0.717, 1.165) is 11.8 Å². The van der Waals surface area contributed by atoms with Gasteiger partial charge in [-0.05, 0) is 64.4 Å². The Morgan fingerprint density at radius 2 is 1.53 bits per heavy atom. The summed E-state index contributed by atoms with van der Waals surface area (Å²) >= 11 is 0. The standard InChI is InChI=1S/C27H34F3N3O/c1-17-13-31(14-18(2)33(17)21-8-6-7-19(28)11-21)26(34)24-16-32(27(3,4)5)15-23(24)22-10-9-20(29)12-25(22)30/h6-12,17-18,23-24H,13-16H2,1-5H3/t17-,18+,23?,24?. The summed E-state index contributed by atoms with van der Waals surface area (Å²) in [5.74, 6) is -2.27. The van der Waals surface area contributed by atoms with Crippen LogP contribution in [0.3, 0.4) is 0 Å². The number of halogens is 3. The number of rotatable bonds is 3. The van der Waals surface area contributed by atoms with Crippen molar-refractivity contribution in [3.05, 3.63) is 65.5 Å². The zero-order valence-corrected chi connectivity index (χ0v) is 20.6. The molecule has 7 heteroatoms. The number of hydrogen-bond donors (Lipinski definition) is 0. The van der Waals surface area contributed by atoms with Gasteiger partial charge in [0.25, 0.3) is 0 Å². The van der Waals surface area contributed by atoms with E-state index < -0.39 is 17.6 Å². The molecule has 1 amide bonds. The summed E-state index contributed by atoms with van der Waals surface area (Å²) < 4.78 is 42.2. The SMILES string of the molecule is C[C@@H]1CN(C(=O)C2CN(C(C)(C)C)CC2c2ccc(F)cc2F)C[C@H](C)N1c1cccc(F)c1. The van der Waals surface area contributed by atoms with Crippen molar-refractivity contribution in [2.45, 2.75) is 58.2 Å². The molecular formula is C27H34F3N3O. The predicted octanol–water partition coefficient (Wildman–Crippen LogP) is 5.04. The minimum absolute atomic E-state index is 0.00179. The zero-order chi connectivity index (χ0) is 24.8. The molecule has 0 saturated carbocycles. The van der Waals surface area contributed by atoms with Crippen LogP contribution in [0.5, 0.6) is 0 Å². The lowest BCUT2D eigenvalue weighted by Crippen LogP contribution is -2.59. The maximum atomic E-state index is 14.8. The number of likely N-dealkylation sites (tertiary alicyclic amines) is 1. The Morgan fingerprint density at radius 1 is 0.882 bits per heavy atom. The fraction of sp³-hybridized carbons (Fsp3) is 0.519. The van der Waals surface area contributed by atoms with E-state index in [-0.39, 0.29) is 35.3 Å². The third-order valence-electron chi connectivity index (χ3n) is 7.28. The Bertz CT molecular complexity index is 1040. The van der Waals surface area contributed by atoms with Gasteiger partial charge in [0, 0.05) is 61.5 Å². The van der Waals surface area contributed by atoms with Gasteiger partial charge in [0.15, 0.2) is 0 Å². The smallest absolute Gasteiger partial charge is 0.227 e. The Hall–Kier alpha value is -2.54. The van der Waals surface area contributed by atoms with E-state index in [1.807, 2.05) is 24.8 Å². The van der Waals surface area contributed by atoms with Gasteiger partial charge >= 0.3 is 0 Å². The van der Waals surface area contributed by atoms with Gasteiger partial charge in [-0.1, -0.05) is 12.1 Å². The van der Waals surface area contributed by atoms with Gasteiger partial charge in [0.05, 0.1) is 5.92 Å². The van der Waals surface area contributed by atoms with Crippen LogP contribution in [-0.4, -0.2) is 59.5 Å². The molecule has 34 heavy (non-hydrogen) atoms. The molecule has 2 aliphatic heterocycles. The molecule has 2 aliphatic rings. The lowest BCUT2D eigenvalue weighted by Gasteiger charge is -2.46. The predicted molar refractivity (Wildman–Crippen MR) is 128 cm³/mol. The summed E-state index contributed by atoms with van der Waals surface area (Å²) in [5.41, 5.74) is 1.02. The van der Waals surface area contributed by atoms with E-state index in [0.29, 0.717) is 31.7 Å². The second-order valence-electron chi connectivity index (χ2n) is 10.8. The molecule has 2 saturated heterocycles. The van der Waals surface area contributed by atoms with E-state index in [2.05, 4.69) is 30.6 Å².